The largest absolute Gasteiger partial charge is 0.474 e. The van der Waals surface area contributed by atoms with E-state index in [0.717, 1.165) is 25.7 Å². The molecule has 0 amide bonds. The summed E-state index contributed by atoms with van der Waals surface area (Å²) in [5.74, 6) is 1.14. The summed E-state index contributed by atoms with van der Waals surface area (Å²) >= 11 is 12.2. The van der Waals surface area contributed by atoms with Gasteiger partial charge in [0.15, 0.2) is 5.82 Å². The zero-order valence-corrected chi connectivity index (χ0v) is 12.1. The van der Waals surface area contributed by atoms with Crippen LogP contribution in [0.15, 0.2) is 25.0 Å². The van der Waals surface area contributed by atoms with Gasteiger partial charge < -0.3 is 4.74 Å². The van der Waals surface area contributed by atoms with Crippen molar-refractivity contribution in [2.24, 2.45) is 0 Å². The molecule has 3 rings (SSSR count). The van der Waals surface area contributed by atoms with Crippen LogP contribution < -0.4 is 4.74 Å². The van der Waals surface area contributed by atoms with E-state index in [2.05, 4.69) is 20.1 Å². The third-order valence-corrected chi connectivity index (χ3v) is 3.99. The molecule has 20 heavy (non-hydrogen) atoms. The van der Waals surface area contributed by atoms with Gasteiger partial charge in [-0.25, -0.2) is 19.6 Å². The second-order valence-corrected chi connectivity index (χ2v) is 6.37. The maximum Gasteiger partial charge on any atom is 0.218 e. The van der Waals surface area contributed by atoms with Crippen LogP contribution in [-0.2, 0) is 0 Å². The summed E-state index contributed by atoms with van der Waals surface area (Å²) in [5, 5.41) is 4.02. The van der Waals surface area contributed by atoms with E-state index in [0.29, 0.717) is 11.7 Å². The molecule has 0 aliphatic heterocycles. The number of hydrogen-bond acceptors (Lipinski definition) is 5. The van der Waals surface area contributed by atoms with Crippen LogP contribution in [0.5, 0.6) is 5.88 Å². The second kappa shape index (κ2) is 5.54. The average Bonchev–Trinajstić information content (AvgIpc) is 2.96. The molecule has 0 radical (unpaired) electrons. The van der Waals surface area contributed by atoms with Crippen LogP contribution in [0.25, 0.3) is 5.82 Å². The van der Waals surface area contributed by atoms with Crippen LogP contribution in [0, 0.1) is 0 Å². The fourth-order valence-electron chi connectivity index (χ4n) is 2.15. The van der Waals surface area contributed by atoms with Crippen molar-refractivity contribution < 1.29 is 4.74 Å². The smallest absolute Gasteiger partial charge is 0.218 e. The number of nitrogens with zero attached hydrogens (tertiary/aromatic N) is 5. The molecule has 0 atom stereocenters. The molecule has 2 aromatic rings. The fraction of sp³-hybridized carbons (Fsp3) is 0.500. The third-order valence-electron chi connectivity index (χ3n) is 3.23. The monoisotopic (exact) mass is 313 g/mol. The molecule has 0 bridgehead atoms. The summed E-state index contributed by atoms with van der Waals surface area (Å²) in [6.07, 6.45) is 7.63. The summed E-state index contributed by atoms with van der Waals surface area (Å²) in [6.45, 7) is 0. The van der Waals surface area contributed by atoms with Gasteiger partial charge in [-0.05, 0) is 25.7 Å². The quantitative estimate of drug-likeness (QED) is 0.815. The predicted octanol–water partition coefficient (Wildman–Crippen LogP) is 2.55. The van der Waals surface area contributed by atoms with Gasteiger partial charge in [-0.1, -0.05) is 0 Å². The predicted molar refractivity (Wildman–Crippen MR) is 74.3 cm³/mol. The standard InChI is InChI=1S/C12H13Cl2N5O/c13-12(14)3-1-9(2-4-12)20-11-5-10(16-7-17-11)19-8-15-6-18-19/h5-9H,1-4H2. The number of hydrogen-bond donors (Lipinski definition) is 0. The molecule has 1 aliphatic rings. The van der Waals surface area contributed by atoms with Crippen molar-refractivity contribution in [1.82, 2.24) is 24.7 Å². The lowest BCUT2D eigenvalue weighted by molar-refractivity contribution is 0.145. The molecule has 1 saturated carbocycles. The van der Waals surface area contributed by atoms with Crippen LogP contribution in [-0.4, -0.2) is 35.2 Å². The fourth-order valence-corrected chi connectivity index (χ4v) is 2.58. The van der Waals surface area contributed by atoms with Crippen molar-refractivity contribution in [3.8, 4) is 11.7 Å². The molecule has 106 valence electrons. The summed E-state index contributed by atoms with van der Waals surface area (Å²) in [5.41, 5.74) is 0. The minimum Gasteiger partial charge on any atom is -0.474 e. The maximum atomic E-state index is 6.10. The Labute approximate surface area is 126 Å². The molecular formula is C12H13Cl2N5O. The minimum absolute atomic E-state index is 0.0825. The van der Waals surface area contributed by atoms with Gasteiger partial charge in [0.1, 0.15) is 29.4 Å². The SMILES string of the molecule is ClC1(Cl)CCC(Oc2cc(-n3cncn3)ncn2)CC1. The number of alkyl halides is 2. The molecule has 0 saturated heterocycles. The molecule has 0 aromatic carbocycles. The molecule has 1 aliphatic carbocycles. The Bertz CT molecular complexity index is 565. The molecule has 8 heteroatoms. The van der Waals surface area contributed by atoms with E-state index in [4.69, 9.17) is 27.9 Å². The highest BCUT2D eigenvalue weighted by Crippen LogP contribution is 2.38. The van der Waals surface area contributed by atoms with E-state index < -0.39 is 4.33 Å². The first kappa shape index (κ1) is 13.6. The molecule has 1 fully saturated rings. The lowest BCUT2D eigenvalue weighted by Crippen LogP contribution is -2.29. The van der Waals surface area contributed by atoms with E-state index in [1.165, 1.54) is 12.7 Å². The van der Waals surface area contributed by atoms with Gasteiger partial charge in [0, 0.05) is 6.07 Å². The highest BCUT2D eigenvalue weighted by atomic mass is 35.5. The van der Waals surface area contributed by atoms with Gasteiger partial charge in [-0.15, -0.1) is 23.2 Å². The van der Waals surface area contributed by atoms with Crippen LogP contribution in [0.2, 0.25) is 0 Å². The molecule has 6 nitrogen and oxygen atoms in total. The second-order valence-electron chi connectivity index (χ2n) is 4.73. The minimum atomic E-state index is -0.614. The normalized spacial score (nSPS) is 18.9. The Hall–Kier alpha value is -1.40. The number of halogens is 2. The first-order chi connectivity index (χ1) is 9.62. The van der Waals surface area contributed by atoms with Crippen molar-refractivity contribution in [2.45, 2.75) is 36.1 Å². The van der Waals surface area contributed by atoms with Gasteiger partial charge in [0.25, 0.3) is 0 Å². The first-order valence-electron chi connectivity index (χ1n) is 6.34. The van der Waals surface area contributed by atoms with Crippen molar-refractivity contribution >= 4 is 23.2 Å². The Morgan fingerprint density at radius 2 is 2.00 bits per heavy atom. The summed E-state index contributed by atoms with van der Waals surface area (Å²) in [6, 6.07) is 1.73. The summed E-state index contributed by atoms with van der Waals surface area (Å²) in [4.78, 5) is 12.1. The van der Waals surface area contributed by atoms with Crippen molar-refractivity contribution in [2.75, 3.05) is 0 Å². The highest BCUT2D eigenvalue weighted by Gasteiger charge is 2.32. The van der Waals surface area contributed by atoms with Gasteiger partial charge in [0.05, 0.1) is 0 Å². The van der Waals surface area contributed by atoms with E-state index in [1.54, 1.807) is 17.1 Å². The highest BCUT2D eigenvalue weighted by molar-refractivity contribution is 6.48. The summed E-state index contributed by atoms with van der Waals surface area (Å²) in [7, 11) is 0. The van der Waals surface area contributed by atoms with Crippen molar-refractivity contribution in [3.05, 3.63) is 25.0 Å². The van der Waals surface area contributed by atoms with E-state index in [9.17, 15) is 0 Å². The Kier molecular flexibility index (Phi) is 3.76. The van der Waals surface area contributed by atoms with E-state index >= 15 is 0 Å². The molecule has 0 N–H and O–H groups in total. The van der Waals surface area contributed by atoms with E-state index in [1.807, 2.05) is 0 Å². The zero-order valence-electron chi connectivity index (χ0n) is 10.6. The lowest BCUT2D eigenvalue weighted by atomic mass is 9.97. The Morgan fingerprint density at radius 3 is 2.70 bits per heavy atom. The van der Waals surface area contributed by atoms with Crippen LogP contribution in [0.3, 0.4) is 0 Å². The van der Waals surface area contributed by atoms with E-state index in [-0.39, 0.29) is 6.10 Å². The van der Waals surface area contributed by atoms with Gasteiger partial charge >= 0.3 is 0 Å². The maximum absolute atomic E-state index is 6.10. The van der Waals surface area contributed by atoms with Gasteiger partial charge in [-0.2, -0.15) is 5.10 Å². The van der Waals surface area contributed by atoms with Gasteiger partial charge in [0.2, 0.25) is 5.88 Å². The number of rotatable bonds is 3. The van der Waals surface area contributed by atoms with Crippen LogP contribution in [0.1, 0.15) is 25.7 Å². The Balaban J connectivity index is 1.68. The topological polar surface area (TPSA) is 65.7 Å². The van der Waals surface area contributed by atoms with Crippen LogP contribution in [0.4, 0.5) is 0 Å². The lowest BCUT2D eigenvalue weighted by Gasteiger charge is -2.30. The van der Waals surface area contributed by atoms with Crippen molar-refractivity contribution in [3.63, 3.8) is 0 Å². The molecule has 0 unspecified atom stereocenters. The molecule has 2 aromatic heterocycles. The third kappa shape index (κ3) is 3.19. The number of aromatic nitrogens is 5. The Morgan fingerprint density at radius 1 is 1.20 bits per heavy atom. The zero-order chi connectivity index (χ0) is 14.0. The first-order valence-corrected chi connectivity index (χ1v) is 7.09. The summed E-state index contributed by atoms with van der Waals surface area (Å²) < 4.78 is 6.80. The molecule has 2 heterocycles. The average molecular weight is 314 g/mol. The molecule has 0 spiro atoms. The van der Waals surface area contributed by atoms with Gasteiger partial charge in [-0.3, -0.25) is 0 Å². The van der Waals surface area contributed by atoms with Crippen LogP contribution >= 0.6 is 23.2 Å². The molecular weight excluding hydrogens is 301 g/mol. The van der Waals surface area contributed by atoms with Crippen molar-refractivity contribution in [1.29, 1.82) is 0 Å². The number of ether oxygens (including phenoxy) is 1.